The van der Waals surface area contributed by atoms with Crippen molar-refractivity contribution in [2.75, 3.05) is 19.7 Å². The quantitative estimate of drug-likeness (QED) is 0.849. The minimum Gasteiger partial charge on any atom is -0.489 e. The lowest BCUT2D eigenvalue weighted by Gasteiger charge is -2.30. The fourth-order valence-electron chi connectivity index (χ4n) is 2.47. The lowest BCUT2D eigenvalue weighted by molar-refractivity contribution is -0.143. The minimum absolute atomic E-state index is 0.147. The minimum atomic E-state index is -0.837. The van der Waals surface area contributed by atoms with Gasteiger partial charge in [-0.25, -0.2) is 0 Å². The Morgan fingerprint density at radius 3 is 2.91 bits per heavy atom. The van der Waals surface area contributed by atoms with Crippen LogP contribution in [0.2, 0.25) is 0 Å². The van der Waals surface area contributed by atoms with Gasteiger partial charge in [-0.05, 0) is 43.5 Å². The first-order chi connectivity index (χ1) is 10.5. The maximum Gasteiger partial charge on any atom is 0.308 e. The van der Waals surface area contributed by atoms with Gasteiger partial charge >= 0.3 is 5.97 Å². The SMILES string of the molecule is C=C(C)COc1cccc(C(=O)N2CCC[C@@H](C(=O)O)C2)c1. The average molecular weight is 303 g/mol. The van der Waals surface area contributed by atoms with E-state index in [1.54, 1.807) is 29.2 Å². The van der Waals surface area contributed by atoms with Crippen LogP contribution in [-0.2, 0) is 4.79 Å². The summed E-state index contributed by atoms with van der Waals surface area (Å²) < 4.78 is 5.54. The van der Waals surface area contributed by atoms with Crippen LogP contribution >= 0.6 is 0 Å². The molecule has 0 bridgehead atoms. The van der Waals surface area contributed by atoms with Crippen LogP contribution in [0.15, 0.2) is 36.4 Å². The zero-order valence-corrected chi connectivity index (χ0v) is 12.7. The van der Waals surface area contributed by atoms with Crippen molar-refractivity contribution in [3.63, 3.8) is 0 Å². The number of benzene rings is 1. The Morgan fingerprint density at radius 1 is 1.45 bits per heavy atom. The first-order valence-electron chi connectivity index (χ1n) is 7.36. The van der Waals surface area contributed by atoms with Crippen LogP contribution in [-0.4, -0.2) is 41.6 Å². The molecule has 0 saturated carbocycles. The number of aliphatic carboxylic acids is 1. The van der Waals surface area contributed by atoms with Crippen LogP contribution in [0.4, 0.5) is 0 Å². The van der Waals surface area contributed by atoms with E-state index in [9.17, 15) is 9.59 Å². The molecule has 0 spiro atoms. The Labute approximate surface area is 130 Å². The summed E-state index contributed by atoms with van der Waals surface area (Å²) in [6, 6.07) is 6.96. The Morgan fingerprint density at radius 2 is 2.23 bits per heavy atom. The summed E-state index contributed by atoms with van der Waals surface area (Å²) in [7, 11) is 0. The number of piperidine rings is 1. The lowest BCUT2D eigenvalue weighted by atomic mass is 9.97. The first kappa shape index (κ1) is 16.1. The number of amides is 1. The van der Waals surface area contributed by atoms with Crippen LogP contribution in [0.3, 0.4) is 0 Å². The van der Waals surface area contributed by atoms with E-state index in [2.05, 4.69) is 6.58 Å². The largest absolute Gasteiger partial charge is 0.489 e. The van der Waals surface area contributed by atoms with Crippen LogP contribution < -0.4 is 4.74 Å². The Kier molecular flexibility index (Phi) is 5.20. The van der Waals surface area contributed by atoms with Crippen LogP contribution in [0.25, 0.3) is 0 Å². The molecule has 118 valence electrons. The number of nitrogens with zero attached hydrogens (tertiary/aromatic N) is 1. The number of carbonyl (C=O) groups is 2. The van der Waals surface area contributed by atoms with E-state index in [1.807, 2.05) is 6.92 Å². The average Bonchev–Trinajstić information content (AvgIpc) is 2.52. The van der Waals surface area contributed by atoms with Crippen molar-refractivity contribution >= 4 is 11.9 Å². The molecular weight excluding hydrogens is 282 g/mol. The second kappa shape index (κ2) is 7.11. The normalized spacial score (nSPS) is 17.9. The number of hydrogen-bond donors (Lipinski definition) is 1. The number of hydrogen-bond acceptors (Lipinski definition) is 3. The molecule has 1 atom stereocenters. The van der Waals surface area contributed by atoms with E-state index in [0.717, 1.165) is 5.57 Å². The molecule has 0 aliphatic carbocycles. The van der Waals surface area contributed by atoms with Crippen molar-refractivity contribution in [3.8, 4) is 5.75 Å². The van der Waals surface area contributed by atoms with Crippen molar-refractivity contribution in [3.05, 3.63) is 42.0 Å². The number of carbonyl (C=O) groups excluding carboxylic acids is 1. The fraction of sp³-hybridized carbons (Fsp3) is 0.412. The van der Waals surface area contributed by atoms with Crippen molar-refractivity contribution in [1.29, 1.82) is 0 Å². The predicted molar refractivity (Wildman–Crippen MR) is 83.0 cm³/mol. The number of ether oxygens (including phenoxy) is 1. The summed E-state index contributed by atoms with van der Waals surface area (Å²) in [5.41, 5.74) is 1.42. The standard InChI is InChI=1S/C17H21NO4/c1-12(2)11-22-15-7-3-5-13(9-15)16(19)18-8-4-6-14(10-18)17(20)21/h3,5,7,9,14H,1,4,6,8,10-11H2,2H3,(H,20,21)/t14-/m1/s1. The number of carboxylic acids is 1. The Hall–Kier alpha value is -2.30. The summed E-state index contributed by atoms with van der Waals surface area (Å²) >= 11 is 0. The molecule has 5 heteroatoms. The van der Waals surface area contributed by atoms with Crippen LogP contribution in [0.5, 0.6) is 5.75 Å². The van der Waals surface area contributed by atoms with Gasteiger partial charge < -0.3 is 14.7 Å². The molecule has 1 aliphatic heterocycles. The van der Waals surface area contributed by atoms with Gasteiger partial charge in [0.1, 0.15) is 12.4 Å². The topological polar surface area (TPSA) is 66.8 Å². The molecule has 1 heterocycles. The van der Waals surface area contributed by atoms with Crippen molar-refractivity contribution in [2.24, 2.45) is 5.92 Å². The van der Waals surface area contributed by atoms with Gasteiger partial charge in [-0.1, -0.05) is 12.6 Å². The molecule has 1 aromatic rings. The molecule has 1 fully saturated rings. The number of carboxylic acid groups (broad SMARTS) is 1. The van der Waals surface area contributed by atoms with E-state index < -0.39 is 11.9 Å². The summed E-state index contributed by atoms with van der Waals surface area (Å²) in [5, 5.41) is 9.11. The van der Waals surface area contributed by atoms with Crippen LogP contribution in [0.1, 0.15) is 30.1 Å². The van der Waals surface area contributed by atoms with E-state index in [1.165, 1.54) is 0 Å². The van der Waals surface area contributed by atoms with E-state index in [0.29, 0.717) is 37.3 Å². The maximum atomic E-state index is 12.5. The second-order valence-electron chi connectivity index (χ2n) is 5.70. The monoisotopic (exact) mass is 303 g/mol. The van der Waals surface area contributed by atoms with Gasteiger partial charge in [0.2, 0.25) is 0 Å². The van der Waals surface area contributed by atoms with E-state index >= 15 is 0 Å². The summed E-state index contributed by atoms with van der Waals surface area (Å²) in [6.07, 6.45) is 1.34. The molecule has 5 nitrogen and oxygen atoms in total. The highest BCUT2D eigenvalue weighted by atomic mass is 16.5. The summed E-state index contributed by atoms with van der Waals surface area (Å²) in [4.78, 5) is 25.2. The summed E-state index contributed by atoms with van der Waals surface area (Å²) in [6.45, 7) is 6.91. The predicted octanol–water partition coefficient (Wildman–Crippen LogP) is 2.58. The lowest BCUT2D eigenvalue weighted by Crippen LogP contribution is -2.42. The summed E-state index contributed by atoms with van der Waals surface area (Å²) in [5.74, 6) is -0.844. The first-order valence-corrected chi connectivity index (χ1v) is 7.36. The van der Waals surface area contributed by atoms with Gasteiger partial charge in [0.25, 0.3) is 5.91 Å². The molecule has 0 unspecified atom stereocenters. The second-order valence-corrected chi connectivity index (χ2v) is 5.70. The highest BCUT2D eigenvalue weighted by molar-refractivity contribution is 5.95. The van der Waals surface area contributed by atoms with Crippen molar-refractivity contribution in [2.45, 2.75) is 19.8 Å². The molecule has 0 aromatic heterocycles. The van der Waals surface area contributed by atoms with Gasteiger partial charge in [-0.3, -0.25) is 9.59 Å². The Bertz CT molecular complexity index is 582. The fourth-order valence-corrected chi connectivity index (χ4v) is 2.47. The van der Waals surface area contributed by atoms with E-state index in [-0.39, 0.29) is 12.5 Å². The van der Waals surface area contributed by atoms with Crippen molar-refractivity contribution in [1.82, 2.24) is 4.90 Å². The molecule has 1 N–H and O–H groups in total. The zero-order chi connectivity index (χ0) is 16.1. The third kappa shape index (κ3) is 4.10. The van der Waals surface area contributed by atoms with Crippen molar-refractivity contribution < 1.29 is 19.4 Å². The molecular formula is C17H21NO4. The van der Waals surface area contributed by atoms with E-state index in [4.69, 9.17) is 9.84 Å². The third-order valence-electron chi connectivity index (χ3n) is 3.62. The molecule has 2 rings (SSSR count). The van der Waals surface area contributed by atoms with Gasteiger partial charge in [0, 0.05) is 18.7 Å². The highest BCUT2D eigenvalue weighted by Crippen LogP contribution is 2.21. The highest BCUT2D eigenvalue weighted by Gasteiger charge is 2.28. The van der Waals surface area contributed by atoms with Crippen LogP contribution in [0, 0.1) is 5.92 Å². The molecule has 1 aliphatic rings. The molecule has 1 aromatic carbocycles. The molecule has 22 heavy (non-hydrogen) atoms. The Balaban J connectivity index is 2.07. The number of rotatable bonds is 5. The van der Waals surface area contributed by atoms with Gasteiger partial charge in [0.15, 0.2) is 0 Å². The third-order valence-corrected chi connectivity index (χ3v) is 3.62. The zero-order valence-electron chi connectivity index (χ0n) is 12.7. The van der Waals surface area contributed by atoms with Gasteiger partial charge in [-0.2, -0.15) is 0 Å². The maximum absolute atomic E-state index is 12.5. The number of likely N-dealkylation sites (tertiary alicyclic amines) is 1. The molecule has 1 amide bonds. The van der Waals surface area contributed by atoms with Gasteiger partial charge in [0.05, 0.1) is 5.92 Å². The van der Waals surface area contributed by atoms with Gasteiger partial charge in [-0.15, -0.1) is 0 Å². The molecule has 0 radical (unpaired) electrons. The smallest absolute Gasteiger partial charge is 0.308 e. The molecule has 1 saturated heterocycles.